The molecule has 8 heteroatoms. The normalized spacial score (nSPS) is 14.1. The summed E-state index contributed by atoms with van der Waals surface area (Å²) in [7, 11) is 0. The van der Waals surface area contributed by atoms with Crippen LogP contribution in [0, 0.1) is 17.0 Å². The van der Waals surface area contributed by atoms with Crippen molar-refractivity contribution >= 4 is 11.6 Å². The zero-order valence-corrected chi connectivity index (χ0v) is 14.5. The highest BCUT2D eigenvalue weighted by Gasteiger charge is 2.34. The van der Waals surface area contributed by atoms with Crippen LogP contribution in [0.1, 0.15) is 39.9 Å². The average Bonchev–Trinajstić information content (AvgIpc) is 3.44. The maximum Gasteiger partial charge on any atom is 0.416 e. The molecule has 1 fully saturated rings. The van der Waals surface area contributed by atoms with E-state index < -0.39 is 16.7 Å². The Kier molecular flexibility index (Phi) is 4.91. The van der Waals surface area contributed by atoms with E-state index in [2.05, 4.69) is 0 Å². The van der Waals surface area contributed by atoms with Crippen LogP contribution in [0.3, 0.4) is 0 Å². The van der Waals surface area contributed by atoms with Crippen molar-refractivity contribution in [2.75, 3.05) is 0 Å². The van der Waals surface area contributed by atoms with E-state index in [0.29, 0.717) is 11.1 Å². The van der Waals surface area contributed by atoms with Gasteiger partial charge in [-0.15, -0.1) is 0 Å². The van der Waals surface area contributed by atoms with Crippen LogP contribution in [0.25, 0.3) is 0 Å². The lowest BCUT2D eigenvalue weighted by Crippen LogP contribution is -2.32. The quantitative estimate of drug-likeness (QED) is 0.558. The number of hydrogen-bond acceptors (Lipinski definition) is 3. The van der Waals surface area contributed by atoms with Crippen molar-refractivity contribution in [1.29, 1.82) is 0 Å². The molecular formula is C19H17F3N2O3. The van der Waals surface area contributed by atoms with Gasteiger partial charge in [0.1, 0.15) is 0 Å². The van der Waals surface area contributed by atoms with Crippen LogP contribution in [-0.4, -0.2) is 21.8 Å². The molecule has 0 saturated heterocycles. The molecule has 0 heterocycles. The highest BCUT2D eigenvalue weighted by Crippen LogP contribution is 2.32. The summed E-state index contributed by atoms with van der Waals surface area (Å²) in [5, 5.41) is 11.1. The van der Waals surface area contributed by atoms with Gasteiger partial charge in [0.15, 0.2) is 0 Å². The second-order valence-corrected chi connectivity index (χ2v) is 6.62. The number of amides is 1. The first kappa shape index (κ1) is 18.9. The first-order chi connectivity index (χ1) is 12.7. The zero-order chi connectivity index (χ0) is 19.8. The molecule has 0 radical (unpaired) electrons. The van der Waals surface area contributed by atoms with Crippen LogP contribution >= 0.6 is 0 Å². The molecule has 1 amide bonds. The summed E-state index contributed by atoms with van der Waals surface area (Å²) in [5.41, 5.74) is 0.351. The van der Waals surface area contributed by atoms with E-state index in [4.69, 9.17) is 0 Å². The van der Waals surface area contributed by atoms with Crippen LogP contribution in [0.5, 0.6) is 0 Å². The fourth-order valence-corrected chi connectivity index (χ4v) is 2.85. The average molecular weight is 378 g/mol. The van der Waals surface area contributed by atoms with Gasteiger partial charge in [0.2, 0.25) is 0 Å². The van der Waals surface area contributed by atoms with Gasteiger partial charge in [-0.1, -0.05) is 18.2 Å². The zero-order valence-electron chi connectivity index (χ0n) is 14.5. The minimum Gasteiger partial charge on any atom is -0.331 e. The molecule has 1 aliphatic rings. The van der Waals surface area contributed by atoms with Crippen LogP contribution in [0.15, 0.2) is 42.5 Å². The third-order valence-electron chi connectivity index (χ3n) is 4.54. The van der Waals surface area contributed by atoms with Gasteiger partial charge in [0, 0.05) is 29.8 Å². The molecule has 2 aromatic carbocycles. The lowest BCUT2D eigenvalue weighted by Gasteiger charge is -2.23. The number of carbonyl (C=O) groups excluding carboxylic acids is 1. The van der Waals surface area contributed by atoms with E-state index in [1.807, 2.05) is 0 Å². The number of hydrogen-bond donors (Lipinski definition) is 0. The Morgan fingerprint density at radius 2 is 1.81 bits per heavy atom. The SMILES string of the molecule is Cc1ccc(C(=O)N(Cc2ccc(C(F)(F)F)cc2)C2CC2)cc1[N+](=O)[O-]. The predicted octanol–water partition coefficient (Wildman–Crippen LogP) is 4.73. The Morgan fingerprint density at radius 1 is 1.19 bits per heavy atom. The molecule has 5 nitrogen and oxygen atoms in total. The molecule has 0 aliphatic heterocycles. The van der Waals surface area contributed by atoms with Gasteiger partial charge in [-0.25, -0.2) is 0 Å². The van der Waals surface area contributed by atoms with Crippen molar-refractivity contribution in [1.82, 2.24) is 4.90 Å². The lowest BCUT2D eigenvalue weighted by atomic mass is 10.1. The van der Waals surface area contributed by atoms with E-state index in [0.717, 1.165) is 25.0 Å². The van der Waals surface area contributed by atoms with Gasteiger partial charge in [-0.3, -0.25) is 14.9 Å². The van der Waals surface area contributed by atoms with Crippen LogP contribution in [-0.2, 0) is 12.7 Å². The smallest absolute Gasteiger partial charge is 0.331 e. The third kappa shape index (κ3) is 4.27. The fourth-order valence-electron chi connectivity index (χ4n) is 2.85. The Balaban J connectivity index is 1.83. The standard InChI is InChI=1S/C19H17F3N2O3/c1-12-2-5-14(10-17(12)24(26)27)18(25)23(16-8-9-16)11-13-3-6-15(7-4-13)19(20,21)22/h2-7,10,16H,8-9,11H2,1H3. The molecule has 0 unspecified atom stereocenters. The minimum atomic E-state index is -4.41. The maximum atomic E-state index is 12.9. The Hall–Kier alpha value is -2.90. The van der Waals surface area contributed by atoms with Crippen molar-refractivity contribution in [3.63, 3.8) is 0 Å². The van der Waals surface area contributed by atoms with E-state index in [-0.39, 0.29) is 29.7 Å². The molecule has 0 atom stereocenters. The second kappa shape index (κ2) is 7.02. The fraction of sp³-hybridized carbons (Fsp3) is 0.316. The van der Waals surface area contributed by atoms with E-state index >= 15 is 0 Å². The van der Waals surface area contributed by atoms with Gasteiger partial charge in [0.05, 0.1) is 10.5 Å². The van der Waals surface area contributed by atoms with Gasteiger partial charge in [-0.2, -0.15) is 13.2 Å². The topological polar surface area (TPSA) is 63.5 Å². The first-order valence-electron chi connectivity index (χ1n) is 8.39. The number of alkyl halides is 3. The summed E-state index contributed by atoms with van der Waals surface area (Å²) in [5.74, 6) is -0.361. The summed E-state index contributed by atoms with van der Waals surface area (Å²) in [6.07, 6.45) is -2.80. The number of aryl methyl sites for hydroxylation is 1. The van der Waals surface area contributed by atoms with Crippen molar-refractivity contribution in [2.24, 2.45) is 0 Å². The lowest BCUT2D eigenvalue weighted by molar-refractivity contribution is -0.385. The Bertz CT molecular complexity index is 875. The second-order valence-electron chi connectivity index (χ2n) is 6.62. The number of carbonyl (C=O) groups is 1. The molecule has 2 aromatic rings. The number of rotatable bonds is 5. The molecule has 0 bridgehead atoms. The first-order valence-corrected chi connectivity index (χ1v) is 8.39. The molecule has 0 spiro atoms. The summed E-state index contributed by atoms with van der Waals surface area (Å²) in [6, 6.07) is 8.98. The van der Waals surface area contributed by atoms with Gasteiger partial charge in [-0.05, 0) is 43.5 Å². The molecule has 1 saturated carbocycles. The summed E-state index contributed by atoms with van der Waals surface area (Å²) < 4.78 is 38.1. The van der Waals surface area contributed by atoms with Crippen LogP contribution < -0.4 is 0 Å². The highest BCUT2D eigenvalue weighted by molar-refractivity contribution is 5.95. The number of nitro groups is 1. The third-order valence-corrected chi connectivity index (χ3v) is 4.54. The summed E-state index contributed by atoms with van der Waals surface area (Å²) in [6.45, 7) is 1.75. The minimum absolute atomic E-state index is 0.000141. The van der Waals surface area contributed by atoms with E-state index in [1.165, 1.54) is 30.3 Å². The molecule has 0 N–H and O–H groups in total. The van der Waals surface area contributed by atoms with Crippen molar-refractivity contribution in [2.45, 2.75) is 38.5 Å². The molecule has 27 heavy (non-hydrogen) atoms. The predicted molar refractivity (Wildman–Crippen MR) is 92.2 cm³/mol. The summed E-state index contributed by atoms with van der Waals surface area (Å²) in [4.78, 5) is 25.0. The highest BCUT2D eigenvalue weighted by atomic mass is 19.4. The van der Waals surface area contributed by atoms with E-state index in [9.17, 15) is 28.1 Å². The number of benzene rings is 2. The molecule has 0 aromatic heterocycles. The summed E-state index contributed by atoms with van der Waals surface area (Å²) >= 11 is 0. The van der Waals surface area contributed by atoms with Gasteiger partial charge < -0.3 is 4.90 Å². The molecule has 1 aliphatic carbocycles. The Labute approximate surface area is 153 Å². The van der Waals surface area contributed by atoms with Crippen molar-refractivity contribution in [3.05, 3.63) is 74.8 Å². The molecular weight excluding hydrogens is 361 g/mol. The van der Waals surface area contributed by atoms with Gasteiger partial charge in [0.25, 0.3) is 11.6 Å². The molecule has 142 valence electrons. The van der Waals surface area contributed by atoms with Crippen molar-refractivity contribution in [3.8, 4) is 0 Å². The Morgan fingerprint density at radius 3 is 2.33 bits per heavy atom. The molecule has 3 rings (SSSR count). The van der Waals surface area contributed by atoms with Crippen molar-refractivity contribution < 1.29 is 22.9 Å². The van der Waals surface area contributed by atoms with Crippen LogP contribution in [0.2, 0.25) is 0 Å². The van der Waals surface area contributed by atoms with Gasteiger partial charge >= 0.3 is 6.18 Å². The van der Waals surface area contributed by atoms with E-state index in [1.54, 1.807) is 11.8 Å². The number of nitro benzene ring substituents is 1. The largest absolute Gasteiger partial charge is 0.416 e. The number of halogens is 3. The monoisotopic (exact) mass is 378 g/mol. The maximum absolute atomic E-state index is 12.9. The number of nitrogens with zero attached hydrogens (tertiary/aromatic N) is 2. The van der Waals surface area contributed by atoms with Crippen LogP contribution in [0.4, 0.5) is 18.9 Å².